The standard InChI is InChI=1S/C21H29N5O2/c1-5-16(3)28-18-10-15(2)6-7-17(18)12-22-19-11-20(24-14-23-19)26-9-8-25(4)21(27)13-26/h6-7,10-11,14,16H,5,8-9,12-13H2,1-4H3,(H,22,23,24). The Hall–Kier alpha value is -2.83. The maximum Gasteiger partial charge on any atom is 0.241 e. The van der Waals surface area contributed by atoms with E-state index < -0.39 is 0 Å². The van der Waals surface area contributed by atoms with Crippen LogP contribution < -0.4 is 15.0 Å². The fourth-order valence-electron chi connectivity index (χ4n) is 2.97. The van der Waals surface area contributed by atoms with Gasteiger partial charge in [0.05, 0.1) is 12.6 Å². The molecule has 1 unspecified atom stereocenters. The minimum atomic E-state index is 0.103. The highest BCUT2D eigenvalue weighted by Crippen LogP contribution is 2.24. The fraction of sp³-hybridized carbons (Fsp3) is 0.476. The molecule has 0 radical (unpaired) electrons. The van der Waals surface area contributed by atoms with Crippen LogP contribution in [0, 0.1) is 6.92 Å². The van der Waals surface area contributed by atoms with Crippen molar-refractivity contribution in [2.24, 2.45) is 0 Å². The molecule has 1 fully saturated rings. The van der Waals surface area contributed by atoms with Crippen LogP contribution in [0.1, 0.15) is 31.4 Å². The van der Waals surface area contributed by atoms with Crippen LogP contribution in [0.15, 0.2) is 30.6 Å². The van der Waals surface area contributed by atoms with E-state index in [0.717, 1.165) is 35.9 Å². The number of anilines is 2. The number of nitrogens with zero attached hydrogens (tertiary/aromatic N) is 4. The zero-order chi connectivity index (χ0) is 20.1. The lowest BCUT2D eigenvalue weighted by atomic mass is 10.1. The van der Waals surface area contributed by atoms with E-state index in [0.29, 0.717) is 19.6 Å². The van der Waals surface area contributed by atoms with Gasteiger partial charge in [-0.25, -0.2) is 9.97 Å². The topological polar surface area (TPSA) is 70.6 Å². The molecule has 28 heavy (non-hydrogen) atoms. The van der Waals surface area contributed by atoms with Crippen molar-refractivity contribution < 1.29 is 9.53 Å². The second kappa shape index (κ2) is 8.91. The highest BCUT2D eigenvalue weighted by Gasteiger charge is 2.22. The Balaban J connectivity index is 1.69. The van der Waals surface area contributed by atoms with Gasteiger partial charge in [0, 0.05) is 38.3 Å². The number of hydrogen-bond donors (Lipinski definition) is 1. The summed E-state index contributed by atoms with van der Waals surface area (Å²) < 4.78 is 6.08. The minimum Gasteiger partial charge on any atom is -0.490 e. The lowest BCUT2D eigenvalue weighted by molar-refractivity contribution is -0.129. The predicted octanol–water partition coefficient (Wildman–Crippen LogP) is 2.85. The molecule has 7 nitrogen and oxygen atoms in total. The Labute approximate surface area is 166 Å². The normalized spacial score (nSPS) is 15.5. The number of nitrogens with one attached hydrogen (secondary N) is 1. The lowest BCUT2D eigenvalue weighted by Crippen LogP contribution is -2.48. The maximum atomic E-state index is 12.0. The molecule has 7 heteroatoms. The van der Waals surface area contributed by atoms with Gasteiger partial charge in [-0.2, -0.15) is 0 Å². The summed E-state index contributed by atoms with van der Waals surface area (Å²) in [6.07, 6.45) is 2.66. The maximum absolute atomic E-state index is 12.0. The largest absolute Gasteiger partial charge is 0.490 e. The zero-order valence-corrected chi connectivity index (χ0v) is 17.1. The van der Waals surface area contributed by atoms with Gasteiger partial charge in [0.25, 0.3) is 0 Å². The molecule has 150 valence electrons. The summed E-state index contributed by atoms with van der Waals surface area (Å²) in [7, 11) is 1.83. The number of hydrogen-bond acceptors (Lipinski definition) is 6. The van der Waals surface area contributed by atoms with Gasteiger partial charge < -0.3 is 19.9 Å². The predicted molar refractivity (Wildman–Crippen MR) is 111 cm³/mol. The lowest BCUT2D eigenvalue weighted by Gasteiger charge is -2.32. The van der Waals surface area contributed by atoms with Gasteiger partial charge in [-0.05, 0) is 31.9 Å². The smallest absolute Gasteiger partial charge is 0.241 e. The first kappa shape index (κ1) is 19.9. The molecule has 1 saturated heterocycles. The third-order valence-electron chi connectivity index (χ3n) is 5.02. The van der Waals surface area contributed by atoms with Crippen LogP contribution in [0.2, 0.25) is 0 Å². The van der Waals surface area contributed by atoms with E-state index in [9.17, 15) is 4.79 Å². The molecule has 1 amide bonds. The average Bonchev–Trinajstić information content (AvgIpc) is 2.69. The summed E-state index contributed by atoms with van der Waals surface area (Å²) in [6, 6.07) is 8.13. The summed E-state index contributed by atoms with van der Waals surface area (Å²) in [5, 5.41) is 3.36. The molecular weight excluding hydrogens is 354 g/mol. The Morgan fingerprint density at radius 2 is 2.07 bits per heavy atom. The first-order valence-electron chi connectivity index (χ1n) is 9.77. The number of carbonyl (C=O) groups is 1. The van der Waals surface area contributed by atoms with Gasteiger partial charge in [-0.1, -0.05) is 19.1 Å². The summed E-state index contributed by atoms with van der Waals surface area (Å²) >= 11 is 0. The van der Waals surface area contributed by atoms with Crippen molar-refractivity contribution in [2.45, 2.75) is 39.8 Å². The van der Waals surface area contributed by atoms with Crippen LogP contribution in [-0.2, 0) is 11.3 Å². The van der Waals surface area contributed by atoms with E-state index in [1.807, 2.05) is 18.0 Å². The molecule has 3 rings (SSSR count). The van der Waals surface area contributed by atoms with Crippen molar-refractivity contribution in [2.75, 3.05) is 36.9 Å². The number of aryl methyl sites for hydroxylation is 1. The number of carbonyl (C=O) groups excluding carboxylic acids is 1. The number of amides is 1. The molecule has 1 N–H and O–H groups in total. The van der Waals surface area contributed by atoms with E-state index in [4.69, 9.17) is 4.74 Å². The van der Waals surface area contributed by atoms with E-state index in [1.54, 1.807) is 4.90 Å². The van der Waals surface area contributed by atoms with Crippen molar-refractivity contribution in [3.05, 3.63) is 41.7 Å². The average molecular weight is 383 g/mol. The zero-order valence-electron chi connectivity index (χ0n) is 17.1. The fourth-order valence-corrected chi connectivity index (χ4v) is 2.97. The molecule has 1 aromatic heterocycles. The Morgan fingerprint density at radius 3 is 2.82 bits per heavy atom. The van der Waals surface area contributed by atoms with Gasteiger partial charge in [0.2, 0.25) is 5.91 Å². The summed E-state index contributed by atoms with van der Waals surface area (Å²) in [6.45, 7) is 8.67. The molecule has 1 atom stereocenters. The number of piperazine rings is 1. The van der Waals surface area contributed by atoms with Crippen molar-refractivity contribution >= 4 is 17.5 Å². The van der Waals surface area contributed by atoms with Crippen LogP contribution in [0.25, 0.3) is 0 Å². The Bertz CT molecular complexity index is 826. The molecule has 2 heterocycles. The van der Waals surface area contributed by atoms with E-state index in [2.05, 4.69) is 54.3 Å². The van der Waals surface area contributed by atoms with Gasteiger partial charge in [0.1, 0.15) is 23.7 Å². The van der Waals surface area contributed by atoms with Crippen LogP contribution in [0.5, 0.6) is 5.75 Å². The Kier molecular flexibility index (Phi) is 6.34. The molecule has 1 aliphatic heterocycles. The first-order chi connectivity index (χ1) is 13.5. The number of benzene rings is 1. The second-order valence-electron chi connectivity index (χ2n) is 7.30. The second-order valence-corrected chi connectivity index (χ2v) is 7.30. The van der Waals surface area contributed by atoms with Crippen molar-refractivity contribution in [3.63, 3.8) is 0 Å². The van der Waals surface area contributed by atoms with Gasteiger partial charge >= 0.3 is 0 Å². The third-order valence-corrected chi connectivity index (χ3v) is 5.02. The summed E-state index contributed by atoms with van der Waals surface area (Å²) in [5.74, 6) is 2.50. The quantitative estimate of drug-likeness (QED) is 0.793. The molecule has 1 aromatic carbocycles. The number of likely N-dealkylation sites (N-methyl/N-ethyl adjacent to an activating group) is 1. The minimum absolute atomic E-state index is 0.103. The number of aromatic nitrogens is 2. The molecule has 0 saturated carbocycles. The monoisotopic (exact) mass is 383 g/mol. The van der Waals surface area contributed by atoms with Crippen LogP contribution in [0.3, 0.4) is 0 Å². The molecule has 0 bridgehead atoms. The van der Waals surface area contributed by atoms with Crippen LogP contribution >= 0.6 is 0 Å². The summed E-state index contributed by atoms with van der Waals surface area (Å²) in [5.41, 5.74) is 2.26. The van der Waals surface area contributed by atoms with E-state index in [1.165, 1.54) is 11.9 Å². The third kappa shape index (κ3) is 4.91. The molecule has 2 aromatic rings. The van der Waals surface area contributed by atoms with Gasteiger partial charge in [-0.15, -0.1) is 0 Å². The molecule has 1 aliphatic rings. The van der Waals surface area contributed by atoms with Gasteiger partial charge in [-0.3, -0.25) is 4.79 Å². The Morgan fingerprint density at radius 1 is 1.25 bits per heavy atom. The SMILES string of the molecule is CCC(C)Oc1cc(C)ccc1CNc1cc(N2CCN(C)C(=O)C2)ncn1. The molecule has 0 aliphatic carbocycles. The van der Waals surface area contributed by atoms with Crippen LogP contribution in [0.4, 0.5) is 11.6 Å². The van der Waals surface area contributed by atoms with Crippen LogP contribution in [-0.4, -0.2) is 53.6 Å². The highest BCUT2D eigenvalue weighted by atomic mass is 16.5. The van der Waals surface area contributed by atoms with Crippen molar-refractivity contribution in [1.82, 2.24) is 14.9 Å². The first-order valence-corrected chi connectivity index (χ1v) is 9.77. The highest BCUT2D eigenvalue weighted by molar-refractivity contribution is 5.82. The van der Waals surface area contributed by atoms with Crippen molar-refractivity contribution in [3.8, 4) is 5.75 Å². The number of rotatable bonds is 7. The number of ether oxygens (including phenoxy) is 1. The summed E-state index contributed by atoms with van der Waals surface area (Å²) in [4.78, 5) is 24.3. The van der Waals surface area contributed by atoms with E-state index >= 15 is 0 Å². The molecular formula is C21H29N5O2. The van der Waals surface area contributed by atoms with Crippen molar-refractivity contribution in [1.29, 1.82) is 0 Å². The molecule has 0 spiro atoms. The van der Waals surface area contributed by atoms with E-state index in [-0.39, 0.29) is 12.0 Å². The van der Waals surface area contributed by atoms with Gasteiger partial charge in [0.15, 0.2) is 0 Å².